The summed E-state index contributed by atoms with van der Waals surface area (Å²) < 4.78 is 0. The number of hydrogen-bond acceptors (Lipinski definition) is 6. The van der Waals surface area contributed by atoms with Crippen LogP contribution in [0, 0.1) is 16.0 Å². The third-order valence-corrected chi connectivity index (χ3v) is 4.87. The number of anilines is 1. The lowest BCUT2D eigenvalue weighted by molar-refractivity contribution is -0.385. The third-order valence-electron chi connectivity index (χ3n) is 4.62. The van der Waals surface area contributed by atoms with Crippen LogP contribution in [0.1, 0.15) is 33.6 Å². The van der Waals surface area contributed by atoms with Gasteiger partial charge in [0.1, 0.15) is 12.0 Å². The fraction of sp³-hybridized carbons (Fsp3) is 0.278. The zero-order valence-corrected chi connectivity index (χ0v) is 15.1. The molecule has 0 bridgehead atoms. The number of benzene rings is 1. The number of nitrogens with two attached hydrogens (primary N) is 1. The van der Waals surface area contributed by atoms with E-state index >= 15 is 0 Å². The van der Waals surface area contributed by atoms with Gasteiger partial charge < -0.3 is 10.6 Å². The van der Waals surface area contributed by atoms with Crippen molar-refractivity contribution in [2.45, 2.75) is 12.8 Å². The number of nitrogens with zero attached hydrogens (tertiary/aromatic N) is 3. The molecule has 2 aromatic rings. The summed E-state index contributed by atoms with van der Waals surface area (Å²) in [5.41, 5.74) is 5.69. The smallest absolute Gasteiger partial charge is 0.288 e. The highest BCUT2D eigenvalue weighted by molar-refractivity contribution is 6.30. The van der Waals surface area contributed by atoms with E-state index in [0.29, 0.717) is 42.3 Å². The molecule has 27 heavy (non-hydrogen) atoms. The zero-order chi connectivity index (χ0) is 19.6. The topological polar surface area (TPSA) is 119 Å². The Morgan fingerprint density at radius 1 is 1.22 bits per heavy atom. The van der Waals surface area contributed by atoms with Gasteiger partial charge in [-0.25, -0.2) is 4.98 Å². The summed E-state index contributed by atoms with van der Waals surface area (Å²) in [6.07, 6.45) is 2.27. The summed E-state index contributed by atoms with van der Waals surface area (Å²) in [5.74, 6) is -0.554. The second-order valence-corrected chi connectivity index (χ2v) is 6.75. The first-order valence-corrected chi connectivity index (χ1v) is 8.73. The standard InChI is InChI=1S/C18H17ClN4O4/c19-13-3-1-11(2-4-13)16(24)12-5-7-22(8-6-12)18-15(17(20)25)9-14(10-21-18)23(26)27/h1-4,9-10,12H,5-8H2,(H2,20,25). The van der Waals surface area contributed by atoms with E-state index in [9.17, 15) is 19.7 Å². The van der Waals surface area contributed by atoms with Gasteiger partial charge in [0.25, 0.3) is 11.6 Å². The number of piperidine rings is 1. The van der Waals surface area contributed by atoms with Crippen molar-refractivity contribution in [3.05, 3.63) is 62.8 Å². The largest absolute Gasteiger partial charge is 0.365 e. The second kappa shape index (κ2) is 7.71. The minimum absolute atomic E-state index is 0.00618. The normalized spacial score (nSPS) is 14.8. The molecule has 1 aliphatic heterocycles. The molecule has 1 aliphatic rings. The first kappa shape index (κ1) is 18.8. The van der Waals surface area contributed by atoms with Crippen LogP contribution in [0.2, 0.25) is 5.02 Å². The van der Waals surface area contributed by atoms with Gasteiger partial charge in [0.05, 0.1) is 10.5 Å². The monoisotopic (exact) mass is 388 g/mol. The minimum atomic E-state index is -0.777. The number of carbonyl (C=O) groups is 2. The molecule has 9 heteroatoms. The molecule has 1 fully saturated rings. The van der Waals surface area contributed by atoms with E-state index in [-0.39, 0.29) is 23.0 Å². The molecule has 0 radical (unpaired) electrons. The van der Waals surface area contributed by atoms with Crippen molar-refractivity contribution in [1.29, 1.82) is 0 Å². The van der Waals surface area contributed by atoms with Crippen molar-refractivity contribution in [1.82, 2.24) is 4.98 Å². The van der Waals surface area contributed by atoms with Gasteiger partial charge in [0, 0.05) is 35.7 Å². The molecule has 0 spiro atoms. The maximum atomic E-state index is 12.6. The fourth-order valence-electron chi connectivity index (χ4n) is 3.18. The summed E-state index contributed by atoms with van der Waals surface area (Å²) in [7, 11) is 0. The van der Waals surface area contributed by atoms with E-state index in [0.717, 1.165) is 12.3 Å². The molecular formula is C18H17ClN4O4. The number of rotatable bonds is 5. The van der Waals surface area contributed by atoms with Gasteiger partial charge in [-0.05, 0) is 37.1 Å². The van der Waals surface area contributed by atoms with Gasteiger partial charge in [0.2, 0.25) is 0 Å². The van der Waals surface area contributed by atoms with Crippen molar-refractivity contribution < 1.29 is 14.5 Å². The highest BCUT2D eigenvalue weighted by Crippen LogP contribution is 2.28. The van der Waals surface area contributed by atoms with Crippen LogP contribution in [0.4, 0.5) is 11.5 Å². The van der Waals surface area contributed by atoms with E-state index in [4.69, 9.17) is 17.3 Å². The Morgan fingerprint density at radius 3 is 2.41 bits per heavy atom. The van der Waals surface area contributed by atoms with Crippen LogP contribution in [0.5, 0.6) is 0 Å². The van der Waals surface area contributed by atoms with E-state index in [1.165, 1.54) is 0 Å². The molecule has 8 nitrogen and oxygen atoms in total. The van der Waals surface area contributed by atoms with Crippen molar-refractivity contribution in [2.24, 2.45) is 11.7 Å². The van der Waals surface area contributed by atoms with E-state index in [1.807, 2.05) is 4.90 Å². The number of halogens is 1. The van der Waals surface area contributed by atoms with Crippen molar-refractivity contribution in [2.75, 3.05) is 18.0 Å². The molecule has 1 aromatic heterocycles. The van der Waals surface area contributed by atoms with Gasteiger partial charge in [-0.2, -0.15) is 0 Å². The number of primary amides is 1. The third kappa shape index (κ3) is 4.06. The fourth-order valence-corrected chi connectivity index (χ4v) is 3.31. The van der Waals surface area contributed by atoms with Gasteiger partial charge >= 0.3 is 0 Å². The molecule has 1 saturated heterocycles. The predicted octanol–water partition coefficient (Wildman–Crippen LogP) is 2.84. The van der Waals surface area contributed by atoms with Gasteiger partial charge in [-0.15, -0.1) is 0 Å². The average molecular weight is 389 g/mol. The quantitative estimate of drug-likeness (QED) is 0.477. The maximum absolute atomic E-state index is 12.6. The molecule has 0 aliphatic carbocycles. The van der Waals surface area contributed by atoms with Gasteiger partial charge in [0.15, 0.2) is 5.78 Å². The molecule has 2 N–H and O–H groups in total. The predicted molar refractivity (Wildman–Crippen MR) is 100 cm³/mol. The average Bonchev–Trinajstić information content (AvgIpc) is 2.67. The number of nitro groups is 1. The van der Waals surface area contributed by atoms with Crippen molar-refractivity contribution >= 4 is 34.8 Å². The SMILES string of the molecule is NC(=O)c1cc([N+](=O)[O-])cnc1N1CCC(C(=O)c2ccc(Cl)cc2)CC1. The number of ketones is 1. The lowest BCUT2D eigenvalue weighted by Crippen LogP contribution is -2.38. The molecule has 0 unspecified atom stereocenters. The highest BCUT2D eigenvalue weighted by atomic mass is 35.5. The van der Waals surface area contributed by atoms with Gasteiger partial charge in [-0.3, -0.25) is 19.7 Å². The summed E-state index contributed by atoms with van der Waals surface area (Å²) in [4.78, 5) is 40.5. The molecule has 0 saturated carbocycles. The van der Waals surface area contributed by atoms with E-state index in [2.05, 4.69) is 4.98 Å². The van der Waals surface area contributed by atoms with Crippen LogP contribution in [-0.4, -0.2) is 34.7 Å². The molecule has 140 valence electrons. The van der Waals surface area contributed by atoms with Gasteiger partial charge in [-0.1, -0.05) is 11.6 Å². The van der Waals surface area contributed by atoms with E-state index in [1.54, 1.807) is 24.3 Å². The van der Waals surface area contributed by atoms with Crippen LogP contribution in [0.15, 0.2) is 36.5 Å². The summed E-state index contributed by atoms with van der Waals surface area (Å²) in [6, 6.07) is 7.92. The molecular weight excluding hydrogens is 372 g/mol. The van der Waals surface area contributed by atoms with E-state index < -0.39 is 10.8 Å². The summed E-state index contributed by atoms with van der Waals surface area (Å²) in [6.45, 7) is 0.990. The Hall–Kier alpha value is -3.00. The Morgan fingerprint density at radius 2 is 1.85 bits per heavy atom. The first-order valence-electron chi connectivity index (χ1n) is 8.36. The number of amides is 1. The summed E-state index contributed by atoms with van der Waals surface area (Å²) in [5, 5.41) is 11.5. The lowest BCUT2D eigenvalue weighted by atomic mass is 9.89. The molecule has 1 aromatic carbocycles. The van der Waals surface area contributed by atoms with Crippen molar-refractivity contribution in [3.63, 3.8) is 0 Å². The lowest BCUT2D eigenvalue weighted by Gasteiger charge is -2.32. The minimum Gasteiger partial charge on any atom is -0.365 e. The molecule has 0 atom stereocenters. The summed E-state index contributed by atoms with van der Waals surface area (Å²) >= 11 is 5.86. The van der Waals surface area contributed by atoms with Crippen molar-refractivity contribution in [3.8, 4) is 0 Å². The number of Topliss-reactive ketones (excluding diaryl/α,β-unsaturated/α-hetero) is 1. The van der Waals surface area contributed by atoms with Crippen LogP contribution < -0.4 is 10.6 Å². The van der Waals surface area contributed by atoms with Crippen LogP contribution in [-0.2, 0) is 0 Å². The molecule has 3 rings (SSSR count). The van der Waals surface area contributed by atoms with Crippen LogP contribution in [0.25, 0.3) is 0 Å². The molecule has 1 amide bonds. The number of pyridine rings is 1. The van der Waals surface area contributed by atoms with Crippen LogP contribution >= 0.6 is 11.6 Å². The highest BCUT2D eigenvalue weighted by Gasteiger charge is 2.28. The second-order valence-electron chi connectivity index (χ2n) is 6.32. The number of carbonyl (C=O) groups excluding carboxylic acids is 2. The maximum Gasteiger partial charge on any atom is 0.288 e. The number of hydrogen-bond donors (Lipinski definition) is 1. The van der Waals surface area contributed by atoms with Crippen LogP contribution in [0.3, 0.4) is 0 Å². The molecule has 2 heterocycles. The Bertz CT molecular complexity index is 893. The Balaban J connectivity index is 1.74. The number of aromatic nitrogens is 1. The Labute approximate surface area is 160 Å². The zero-order valence-electron chi connectivity index (χ0n) is 14.3. The first-order chi connectivity index (χ1) is 12.9. The Kier molecular flexibility index (Phi) is 5.36.